The van der Waals surface area contributed by atoms with E-state index in [-0.39, 0.29) is 47.2 Å². The average Bonchev–Trinajstić information content (AvgIpc) is 2.62. The number of benzene rings is 2. The molecule has 0 saturated carbocycles. The normalized spacial score (nSPS) is 10.2. The summed E-state index contributed by atoms with van der Waals surface area (Å²) in [5.74, 6) is -0.485. The van der Waals surface area contributed by atoms with Gasteiger partial charge in [-0.05, 0) is 38.1 Å². The van der Waals surface area contributed by atoms with E-state index >= 15 is 0 Å². The molecule has 0 unspecified atom stereocenters. The summed E-state index contributed by atoms with van der Waals surface area (Å²) in [6, 6.07) is 7.60. The zero-order valence-electron chi connectivity index (χ0n) is 14.1. The fourth-order valence-electron chi connectivity index (χ4n) is 2.32. The Kier molecular flexibility index (Phi) is 5.84. The maximum Gasteiger partial charge on any atom is 0.311 e. The summed E-state index contributed by atoms with van der Waals surface area (Å²) in [6.45, 7) is 3.84. The maximum atomic E-state index is 12.6. The van der Waals surface area contributed by atoms with Crippen molar-refractivity contribution in [1.29, 1.82) is 0 Å². The lowest BCUT2D eigenvalue weighted by molar-refractivity contribution is -0.386. The van der Waals surface area contributed by atoms with Gasteiger partial charge in [0.2, 0.25) is 0 Å². The van der Waals surface area contributed by atoms with Gasteiger partial charge in [0.15, 0.2) is 17.3 Å². The van der Waals surface area contributed by atoms with Crippen LogP contribution in [-0.4, -0.2) is 28.8 Å². The van der Waals surface area contributed by atoms with E-state index in [0.29, 0.717) is 0 Å². The van der Waals surface area contributed by atoms with E-state index in [0.717, 1.165) is 12.1 Å². The van der Waals surface area contributed by atoms with Crippen LogP contribution in [0.2, 0.25) is 0 Å². The van der Waals surface area contributed by atoms with Crippen molar-refractivity contribution >= 4 is 17.2 Å². The molecular formula is C17H16N2O7. The number of ketones is 1. The highest BCUT2D eigenvalue weighted by Crippen LogP contribution is 2.31. The fourth-order valence-corrected chi connectivity index (χ4v) is 2.32. The monoisotopic (exact) mass is 360 g/mol. The number of nitrogens with zero attached hydrogens (tertiary/aromatic N) is 2. The molecule has 9 nitrogen and oxygen atoms in total. The third-order valence-corrected chi connectivity index (χ3v) is 3.44. The summed E-state index contributed by atoms with van der Waals surface area (Å²) in [4.78, 5) is 33.7. The highest BCUT2D eigenvalue weighted by molar-refractivity contribution is 6.10. The molecule has 0 aliphatic carbocycles. The molecule has 0 bridgehead atoms. The third kappa shape index (κ3) is 3.94. The molecule has 2 aromatic carbocycles. The van der Waals surface area contributed by atoms with Crippen LogP contribution in [-0.2, 0) is 0 Å². The second-order valence-electron chi connectivity index (χ2n) is 5.07. The van der Waals surface area contributed by atoms with E-state index in [1.165, 1.54) is 24.3 Å². The van der Waals surface area contributed by atoms with Gasteiger partial charge in [0.25, 0.3) is 0 Å². The van der Waals surface area contributed by atoms with Crippen LogP contribution in [0.15, 0.2) is 36.4 Å². The standard InChI is InChI=1S/C17H16N2O7/c1-3-25-15-7-5-11(9-13(15)18(21)22)17(20)12-6-8-16(26-4-2)14(10-12)19(23)24/h5-10H,3-4H2,1-2H3. The van der Waals surface area contributed by atoms with E-state index in [2.05, 4.69) is 0 Å². The van der Waals surface area contributed by atoms with Crippen molar-refractivity contribution in [1.82, 2.24) is 0 Å². The number of ether oxygens (including phenoxy) is 2. The van der Waals surface area contributed by atoms with Crippen LogP contribution in [0.3, 0.4) is 0 Å². The van der Waals surface area contributed by atoms with Crippen LogP contribution >= 0.6 is 0 Å². The second kappa shape index (κ2) is 8.06. The van der Waals surface area contributed by atoms with E-state index in [4.69, 9.17) is 9.47 Å². The second-order valence-corrected chi connectivity index (χ2v) is 5.07. The minimum atomic E-state index is -0.650. The molecular weight excluding hydrogens is 344 g/mol. The van der Waals surface area contributed by atoms with Crippen molar-refractivity contribution in [2.24, 2.45) is 0 Å². The van der Waals surface area contributed by atoms with E-state index < -0.39 is 15.6 Å². The summed E-state index contributed by atoms with van der Waals surface area (Å²) < 4.78 is 10.3. The summed E-state index contributed by atoms with van der Waals surface area (Å²) in [5.41, 5.74) is -0.645. The minimum Gasteiger partial charge on any atom is -0.487 e. The van der Waals surface area contributed by atoms with Crippen LogP contribution in [0.1, 0.15) is 29.8 Å². The Morgan fingerprint density at radius 2 is 1.23 bits per heavy atom. The number of hydrogen-bond donors (Lipinski definition) is 0. The summed E-state index contributed by atoms with van der Waals surface area (Å²) >= 11 is 0. The smallest absolute Gasteiger partial charge is 0.311 e. The van der Waals surface area contributed by atoms with Crippen molar-refractivity contribution in [3.8, 4) is 11.5 Å². The molecule has 9 heteroatoms. The molecule has 0 saturated heterocycles. The number of nitro benzene ring substituents is 2. The first-order chi connectivity index (χ1) is 12.4. The van der Waals surface area contributed by atoms with Gasteiger partial charge in [0, 0.05) is 23.3 Å². The molecule has 0 aliphatic heterocycles. The van der Waals surface area contributed by atoms with Gasteiger partial charge in [0.05, 0.1) is 23.1 Å². The maximum absolute atomic E-state index is 12.6. The van der Waals surface area contributed by atoms with Gasteiger partial charge in [-0.3, -0.25) is 25.0 Å². The molecule has 0 amide bonds. The molecule has 0 N–H and O–H groups in total. The average molecular weight is 360 g/mol. The first-order valence-corrected chi connectivity index (χ1v) is 7.76. The quantitative estimate of drug-likeness (QED) is 0.401. The Bertz CT molecular complexity index is 795. The zero-order valence-corrected chi connectivity index (χ0v) is 14.1. The molecule has 0 heterocycles. The van der Waals surface area contributed by atoms with Gasteiger partial charge in [-0.1, -0.05) is 0 Å². The molecule has 0 fully saturated rings. The Morgan fingerprint density at radius 3 is 1.54 bits per heavy atom. The Balaban J connectivity index is 2.45. The molecule has 0 spiro atoms. The zero-order chi connectivity index (χ0) is 19.3. The van der Waals surface area contributed by atoms with Crippen LogP contribution in [0.25, 0.3) is 0 Å². The predicted molar refractivity (Wildman–Crippen MR) is 92.0 cm³/mol. The highest BCUT2D eigenvalue weighted by atomic mass is 16.6. The Labute approximate surface area is 148 Å². The van der Waals surface area contributed by atoms with Gasteiger partial charge in [-0.2, -0.15) is 0 Å². The molecule has 0 aliphatic rings. The Hall–Kier alpha value is -3.49. The number of hydrogen-bond acceptors (Lipinski definition) is 7. The van der Waals surface area contributed by atoms with Gasteiger partial charge in [0.1, 0.15) is 0 Å². The lowest BCUT2D eigenvalue weighted by atomic mass is 10.0. The largest absolute Gasteiger partial charge is 0.487 e. The SMILES string of the molecule is CCOc1ccc(C(=O)c2ccc(OCC)c([N+](=O)[O-])c2)cc1[N+](=O)[O-]. The lowest BCUT2D eigenvalue weighted by Gasteiger charge is -2.08. The lowest BCUT2D eigenvalue weighted by Crippen LogP contribution is -2.06. The molecule has 2 rings (SSSR count). The van der Waals surface area contributed by atoms with Gasteiger partial charge in [-0.15, -0.1) is 0 Å². The topological polar surface area (TPSA) is 122 Å². The van der Waals surface area contributed by atoms with Crippen molar-refractivity contribution in [3.63, 3.8) is 0 Å². The first kappa shape index (κ1) is 18.8. The van der Waals surface area contributed by atoms with Crippen LogP contribution in [0, 0.1) is 20.2 Å². The van der Waals surface area contributed by atoms with Crippen LogP contribution < -0.4 is 9.47 Å². The first-order valence-electron chi connectivity index (χ1n) is 7.76. The minimum absolute atomic E-state index is 0.0265. The van der Waals surface area contributed by atoms with Crippen LogP contribution in [0.5, 0.6) is 11.5 Å². The van der Waals surface area contributed by atoms with Crippen molar-refractivity contribution in [2.45, 2.75) is 13.8 Å². The molecule has 0 atom stereocenters. The van der Waals surface area contributed by atoms with Gasteiger partial charge >= 0.3 is 11.4 Å². The van der Waals surface area contributed by atoms with E-state index in [9.17, 15) is 25.0 Å². The molecule has 2 aromatic rings. The molecule has 26 heavy (non-hydrogen) atoms. The number of carbonyl (C=O) groups is 1. The van der Waals surface area contributed by atoms with Gasteiger partial charge in [-0.25, -0.2) is 0 Å². The summed E-state index contributed by atoms with van der Waals surface area (Å²) in [5, 5.41) is 22.4. The fraction of sp³-hybridized carbons (Fsp3) is 0.235. The molecule has 0 aromatic heterocycles. The highest BCUT2D eigenvalue weighted by Gasteiger charge is 2.22. The van der Waals surface area contributed by atoms with Crippen molar-refractivity contribution in [3.05, 3.63) is 67.8 Å². The molecule has 136 valence electrons. The third-order valence-electron chi connectivity index (χ3n) is 3.44. The number of carbonyl (C=O) groups excluding carboxylic acids is 1. The van der Waals surface area contributed by atoms with Crippen molar-refractivity contribution in [2.75, 3.05) is 13.2 Å². The predicted octanol–water partition coefficient (Wildman–Crippen LogP) is 3.53. The van der Waals surface area contributed by atoms with Gasteiger partial charge < -0.3 is 9.47 Å². The van der Waals surface area contributed by atoms with Crippen LogP contribution in [0.4, 0.5) is 11.4 Å². The Morgan fingerprint density at radius 1 is 0.846 bits per heavy atom. The summed E-state index contributed by atoms with van der Waals surface area (Å²) in [6.07, 6.45) is 0. The number of nitro groups is 2. The number of rotatable bonds is 8. The molecule has 0 radical (unpaired) electrons. The van der Waals surface area contributed by atoms with E-state index in [1.54, 1.807) is 13.8 Å². The summed E-state index contributed by atoms with van der Waals surface area (Å²) in [7, 11) is 0. The van der Waals surface area contributed by atoms with Crippen molar-refractivity contribution < 1.29 is 24.1 Å². The van der Waals surface area contributed by atoms with E-state index in [1.807, 2.05) is 0 Å².